The van der Waals surface area contributed by atoms with Crippen molar-refractivity contribution >= 4 is 17.7 Å². The van der Waals surface area contributed by atoms with Gasteiger partial charge in [-0.25, -0.2) is 4.98 Å². The zero-order valence-electron chi connectivity index (χ0n) is 15.9. The molecule has 3 atom stereocenters. The van der Waals surface area contributed by atoms with E-state index in [0.29, 0.717) is 0 Å². The molecule has 146 valence electrons. The number of hydrogen-bond acceptors (Lipinski definition) is 4. The monoisotopic (exact) mass is 380 g/mol. The lowest BCUT2D eigenvalue weighted by Crippen LogP contribution is -2.41. The van der Waals surface area contributed by atoms with Crippen molar-refractivity contribution in [2.45, 2.75) is 38.6 Å². The predicted molar refractivity (Wildman–Crippen MR) is 102 cm³/mol. The quantitative estimate of drug-likeness (QED) is 0.806. The molecule has 1 N–H and O–H groups in total. The Labute approximate surface area is 163 Å². The summed E-state index contributed by atoms with van der Waals surface area (Å²) in [7, 11) is 0. The Morgan fingerprint density at radius 1 is 1.14 bits per heavy atom. The number of imide groups is 1. The molecule has 1 aromatic heterocycles. The van der Waals surface area contributed by atoms with Crippen LogP contribution in [0, 0.1) is 11.8 Å². The second-order valence-electron chi connectivity index (χ2n) is 7.61. The van der Waals surface area contributed by atoms with Crippen LogP contribution in [0.15, 0.2) is 43.0 Å². The zero-order valence-corrected chi connectivity index (χ0v) is 15.9. The fourth-order valence-electron chi connectivity index (χ4n) is 4.25. The maximum atomic E-state index is 12.5. The van der Waals surface area contributed by atoms with Gasteiger partial charge in [-0.2, -0.15) is 0 Å². The standard InChI is InChI=1S/C21H24N4O3/c1-14(15-6-8-16(9-7-15)24-11-10-22-13-24)23-19(26)12-25-20(27)17-4-2-3-5-18(17)21(25)28/h6-11,13-14,17-18H,2-5,12H2,1H3,(H,23,26)/t14-,17-,18-/m0/s1. The van der Waals surface area contributed by atoms with Crippen LogP contribution in [0.1, 0.15) is 44.2 Å². The number of amides is 3. The predicted octanol–water partition coefficient (Wildman–Crippen LogP) is 2.22. The highest BCUT2D eigenvalue weighted by Crippen LogP contribution is 2.37. The Hall–Kier alpha value is -2.96. The third kappa shape index (κ3) is 3.44. The van der Waals surface area contributed by atoms with Crippen molar-refractivity contribution in [1.29, 1.82) is 0 Å². The van der Waals surface area contributed by atoms with E-state index in [1.165, 1.54) is 0 Å². The second kappa shape index (κ2) is 7.58. The molecule has 2 fully saturated rings. The van der Waals surface area contributed by atoms with Gasteiger partial charge in [0.1, 0.15) is 6.54 Å². The molecule has 2 heterocycles. The number of rotatable bonds is 5. The molecule has 0 radical (unpaired) electrons. The molecule has 0 unspecified atom stereocenters. The fourth-order valence-corrected chi connectivity index (χ4v) is 4.25. The average molecular weight is 380 g/mol. The molecule has 1 aliphatic heterocycles. The van der Waals surface area contributed by atoms with Crippen molar-refractivity contribution in [3.05, 3.63) is 48.5 Å². The Balaban J connectivity index is 1.37. The van der Waals surface area contributed by atoms with Crippen molar-refractivity contribution in [3.63, 3.8) is 0 Å². The first-order valence-electron chi connectivity index (χ1n) is 9.77. The van der Waals surface area contributed by atoms with Crippen LogP contribution in [0.4, 0.5) is 0 Å². The van der Waals surface area contributed by atoms with Gasteiger partial charge in [0.2, 0.25) is 17.7 Å². The number of imidazole rings is 1. The summed E-state index contributed by atoms with van der Waals surface area (Å²) < 4.78 is 1.90. The van der Waals surface area contributed by atoms with E-state index in [9.17, 15) is 14.4 Å². The van der Waals surface area contributed by atoms with Gasteiger partial charge in [-0.15, -0.1) is 0 Å². The van der Waals surface area contributed by atoms with Crippen molar-refractivity contribution < 1.29 is 14.4 Å². The van der Waals surface area contributed by atoms with Crippen molar-refractivity contribution in [3.8, 4) is 5.69 Å². The third-order valence-corrected chi connectivity index (χ3v) is 5.81. The summed E-state index contributed by atoms with van der Waals surface area (Å²) in [5.41, 5.74) is 1.93. The first-order valence-corrected chi connectivity index (χ1v) is 9.77. The molecule has 0 spiro atoms. The Bertz CT molecular complexity index is 852. The first kappa shape index (κ1) is 18.4. The van der Waals surface area contributed by atoms with E-state index in [4.69, 9.17) is 0 Å². The van der Waals surface area contributed by atoms with Crippen LogP contribution < -0.4 is 5.32 Å². The summed E-state index contributed by atoms with van der Waals surface area (Å²) in [5, 5.41) is 2.90. The summed E-state index contributed by atoms with van der Waals surface area (Å²) in [4.78, 5) is 42.7. The number of aromatic nitrogens is 2. The molecule has 28 heavy (non-hydrogen) atoms. The maximum absolute atomic E-state index is 12.5. The molecule has 3 amide bonds. The van der Waals surface area contributed by atoms with Crippen LogP contribution in [-0.2, 0) is 14.4 Å². The highest BCUT2D eigenvalue weighted by molar-refractivity contribution is 6.07. The van der Waals surface area contributed by atoms with Crippen molar-refractivity contribution in [2.75, 3.05) is 6.54 Å². The number of fused-ring (bicyclic) bond motifs is 1. The minimum Gasteiger partial charge on any atom is -0.348 e. The molecule has 7 heteroatoms. The second-order valence-corrected chi connectivity index (χ2v) is 7.61. The minimum absolute atomic E-state index is 0.179. The lowest BCUT2D eigenvalue weighted by Gasteiger charge is -2.19. The van der Waals surface area contributed by atoms with Crippen LogP contribution in [0.2, 0.25) is 0 Å². The number of nitrogens with one attached hydrogen (secondary N) is 1. The van der Waals surface area contributed by atoms with Crippen LogP contribution >= 0.6 is 0 Å². The molecule has 1 saturated carbocycles. The number of hydrogen-bond donors (Lipinski definition) is 1. The summed E-state index contributed by atoms with van der Waals surface area (Å²) in [6, 6.07) is 7.58. The molecule has 1 aromatic carbocycles. The average Bonchev–Trinajstić information content (AvgIpc) is 3.32. The normalized spacial score (nSPS) is 22.8. The lowest BCUT2D eigenvalue weighted by atomic mass is 9.81. The molecular weight excluding hydrogens is 356 g/mol. The summed E-state index contributed by atoms with van der Waals surface area (Å²) in [5.74, 6) is -1.11. The van der Waals surface area contributed by atoms with Gasteiger partial charge < -0.3 is 9.88 Å². The van der Waals surface area contributed by atoms with Gasteiger partial charge >= 0.3 is 0 Å². The van der Waals surface area contributed by atoms with E-state index in [-0.39, 0.29) is 42.1 Å². The largest absolute Gasteiger partial charge is 0.348 e. The number of carbonyl (C=O) groups is 3. The van der Waals surface area contributed by atoms with Crippen molar-refractivity contribution in [1.82, 2.24) is 19.8 Å². The summed E-state index contributed by atoms with van der Waals surface area (Å²) >= 11 is 0. The van der Waals surface area contributed by atoms with E-state index in [1.807, 2.05) is 42.0 Å². The van der Waals surface area contributed by atoms with Gasteiger partial charge in [0.05, 0.1) is 24.2 Å². The summed E-state index contributed by atoms with van der Waals surface area (Å²) in [6.45, 7) is 1.69. The van der Waals surface area contributed by atoms with E-state index < -0.39 is 0 Å². The van der Waals surface area contributed by atoms with Gasteiger partial charge in [-0.1, -0.05) is 25.0 Å². The highest BCUT2D eigenvalue weighted by Gasteiger charge is 2.48. The molecule has 0 bridgehead atoms. The van der Waals surface area contributed by atoms with E-state index in [0.717, 1.165) is 41.8 Å². The molecule has 7 nitrogen and oxygen atoms in total. The fraction of sp³-hybridized carbons (Fsp3) is 0.429. The molecule has 1 aliphatic carbocycles. The Morgan fingerprint density at radius 3 is 2.36 bits per heavy atom. The van der Waals surface area contributed by atoms with Crippen molar-refractivity contribution in [2.24, 2.45) is 11.8 Å². The van der Waals surface area contributed by atoms with Gasteiger partial charge in [0, 0.05) is 18.1 Å². The van der Waals surface area contributed by atoms with Gasteiger partial charge in [0.25, 0.3) is 0 Å². The SMILES string of the molecule is C[C@H](NC(=O)CN1C(=O)[C@H]2CCCC[C@@H]2C1=O)c1ccc(-n2ccnc2)cc1. The maximum Gasteiger partial charge on any atom is 0.240 e. The van der Waals surface area contributed by atoms with Gasteiger partial charge in [-0.05, 0) is 37.5 Å². The Morgan fingerprint density at radius 2 is 1.79 bits per heavy atom. The molecule has 4 rings (SSSR count). The van der Waals surface area contributed by atoms with Crippen LogP contribution in [-0.4, -0.2) is 38.7 Å². The van der Waals surface area contributed by atoms with E-state index >= 15 is 0 Å². The number of benzene rings is 1. The molecule has 2 aromatic rings. The summed E-state index contributed by atoms with van der Waals surface area (Å²) in [6.07, 6.45) is 8.77. The smallest absolute Gasteiger partial charge is 0.240 e. The van der Waals surface area contributed by atoms with E-state index in [1.54, 1.807) is 12.5 Å². The van der Waals surface area contributed by atoms with Gasteiger partial charge in [-0.3, -0.25) is 19.3 Å². The first-order chi connectivity index (χ1) is 13.5. The van der Waals surface area contributed by atoms with Crippen LogP contribution in [0.25, 0.3) is 5.69 Å². The Kier molecular flexibility index (Phi) is 4.98. The number of carbonyl (C=O) groups excluding carboxylic acids is 3. The molecule has 2 aliphatic rings. The highest BCUT2D eigenvalue weighted by atomic mass is 16.2. The zero-order chi connectivity index (χ0) is 19.7. The lowest BCUT2D eigenvalue weighted by molar-refractivity contribution is -0.143. The molecule has 1 saturated heterocycles. The third-order valence-electron chi connectivity index (χ3n) is 5.81. The number of nitrogens with zero attached hydrogens (tertiary/aromatic N) is 3. The minimum atomic E-state index is -0.313. The van der Waals surface area contributed by atoms with Gasteiger partial charge in [0.15, 0.2) is 0 Å². The van der Waals surface area contributed by atoms with Crippen LogP contribution in [0.5, 0.6) is 0 Å². The van der Waals surface area contributed by atoms with E-state index in [2.05, 4.69) is 10.3 Å². The number of likely N-dealkylation sites (tertiary alicyclic amines) is 1. The molecular formula is C21H24N4O3. The topological polar surface area (TPSA) is 84.3 Å². The van der Waals surface area contributed by atoms with Crippen LogP contribution in [0.3, 0.4) is 0 Å².